The van der Waals surface area contributed by atoms with Gasteiger partial charge >= 0.3 is 0 Å². The van der Waals surface area contributed by atoms with Crippen LogP contribution in [-0.4, -0.2) is 7.05 Å². The monoisotopic (exact) mass is 276 g/mol. The van der Waals surface area contributed by atoms with Gasteiger partial charge in [-0.2, -0.15) is 5.26 Å². The van der Waals surface area contributed by atoms with Crippen molar-refractivity contribution in [3.63, 3.8) is 0 Å². The molecule has 0 aromatic heterocycles. The second-order valence-corrected chi connectivity index (χ2v) is 4.87. The lowest BCUT2D eigenvalue weighted by Gasteiger charge is -2.21. The van der Waals surface area contributed by atoms with Crippen LogP contribution in [0.1, 0.15) is 5.56 Å². The third-order valence-corrected chi connectivity index (χ3v) is 3.53. The Bertz CT molecular complexity index is 844. The number of rotatable bonds is 2. The van der Waals surface area contributed by atoms with Gasteiger partial charge in [-0.15, -0.1) is 0 Å². The molecule has 3 heteroatoms. The molecule has 0 bridgehead atoms. The van der Waals surface area contributed by atoms with Crippen molar-refractivity contribution in [3.05, 3.63) is 72.0 Å². The molecule has 0 heterocycles. The summed E-state index contributed by atoms with van der Waals surface area (Å²) in [5.41, 5.74) is 1.95. The molecule has 3 aromatic carbocycles. The first kappa shape index (κ1) is 13.1. The van der Waals surface area contributed by atoms with Crippen LogP contribution in [0, 0.1) is 17.1 Å². The fourth-order valence-electron chi connectivity index (χ4n) is 2.47. The van der Waals surface area contributed by atoms with E-state index in [1.165, 1.54) is 12.1 Å². The number of nitriles is 1. The Hall–Kier alpha value is -2.86. The van der Waals surface area contributed by atoms with Crippen LogP contribution in [0.3, 0.4) is 0 Å². The van der Waals surface area contributed by atoms with E-state index < -0.39 is 5.82 Å². The molecule has 0 saturated heterocycles. The van der Waals surface area contributed by atoms with Crippen LogP contribution < -0.4 is 4.90 Å². The SMILES string of the molecule is CN(c1cc(F)cc(C#N)c1)c1cccc2ccccc12. The highest BCUT2D eigenvalue weighted by Crippen LogP contribution is 2.31. The third-order valence-electron chi connectivity index (χ3n) is 3.53. The summed E-state index contributed by atoms with van der Waals surface area (Å²) in [5, 5.41) is 11.2. The molecule has 21 heavy (non-hydrogen) atoms. The summed E-state index contributed by atoms with van der Waals surface area (Å²) in [6.07, 6.45) is 0. The van der Waals surface area contributed by atoms with Crippen molar-refractivity contribution in [1.29, 1.82) is 5.26 Å². The molecule has 0 saturated carbocycles. The first-order valence-electron chi connectivity index (χ1n) is 6.61. The van der Waals surface area contributed by atoms with Gasteiger partial charge in [0.15, 0.2) is 0 Å². The standard InChI is InChI=1S/C18H13FN2/c1-21(16-10-13(12-20)9-15(19)11-16)18-8-4-6-14-5-2-3-7-17(14)18/h2-11H,1H3. The molecule has 0 aliphatic carbocycles. The molecule has 0 aliphatic rings. The smallest absolute Gasteiger partial charge is 0.126 e. The number of anilines is 2. The van der Waals surface area contributed by atoms with Crippen LogP contribution >= 0.6 is 0 Å². The van der Waals surface area contributed by atoms with Crippen LogP contribution in [0.5, 0.6) is 0 Å². The molecule has 0 fully saturated rings. The predicted octanol–water partition coefficient (Wildman–Crippen LogP) is 4.62. The Morgan fingerprint density at radius 1 is 1.00 bits per heavy atom. The molecule has 0 N–H and O–H groups in total. The second-order valence-electron chi connectivity index (χ2n) is 4.87. The lowest BCUT2D eigenvalue weighted by molar-refractivity contribution is 0.627. The van der Waals surface area contributed by atoms with E-state index in [0.29, 0.717) is 11.3 Å². The molecule has 0 aliphatic heterocycles. The Balaban J connectivity index is 2.15. The van der Waals surface area contributed by atoms with Crippen LogP contribution in [0.4, 0.5) is 15.8 Å². The van der Waals surface area contributed by atoms with Gasteiger partial charge in [-0.3, -0.25) is 0 Å². The number of nitrogens with zero attached hydrogens (tertiary/aromatic N) is 2. The molecule has 0 amide bonds. The number of hydrogen-bond acceptors (Lipinski definition) is 2. The number of fused-ring (bicyclic) bond motifs is 1. The summed E-state index contributed by atoms with van der Waals surface area (Å²) in [6, 6.07) is 20.4. The van der Waals surface area contributed by atoms with Crippen LogP contribution in [0.15, 0.2) is 60.7 Å². The molecular formula is C18H13FN2. The molecule has 0 unspecified atom stereocenters. The Morgan fingerprint density at radius 2 is 1.76 bits per heavy atom. The Morgan fingerprint density at radius 3 is 2.57 bits per heavy atom. The number of hydrogen-bond donors (Lipinski definition) is 0. The minimum Gasteiger partial charge on any atom is -0.344 e. The highest BCUT2D eigenvalue weighted by Gasteiger charge is 2.10. The average Bonchev–Trinajstić information content (AvgIpc) is 2.53. The van der Waals surface area contributed by atoms with Crippen molar-refractivity contribution >= 4 is 22.1 Å². The predicted molar refractivity (Wildman–Crippen MR) is 83.1 cm³/mol. The zero-order valence-corrected chi connectivity index (χ0v) is 11.5. The van der Waals surface area contributed by atoms with Gasteiger partial charge in [-0.05, 0) is 29.7 Å². The van der Waals surface area contributed by atoms with Crippen molar-refractivity contribution in [1.82, 2.24) is 0 Å². The minimum atomic E-state index is -0.406. The Labute approximate surface area is 122 Å². The van der Waals surface area contributed by atoms with Crippen molar-refractivity contribution in [2.24, 2.45) is 0 Å². The average molecular weight is 276 g/mol. The molecule has 3 aromatic rings. The van der Waals surface area contributed by atoms with E-state index in [1.807, 2.05) is 60.5 Å². The van der Waals surface area contributed by atoms with Crippen LogP contribution in [-0.2, 0) is 0 Å². The number of halogens is 1. The molecule has 3 rings (SSSR count). The zero-order valence-electron chi connectivity index (χ0n) is 11.5. The van der Waals surface area contributed by atoms with Crippen molar-refractivity contribution < 1.29 is 4.39 Å². The van der Waals surface area contributed by atoms with Gasteiger partial charge in [0.2, 0.25) is 0 Å². The van der Waals surface area contributed by atoms with Crippen molar-refractivity contribution in [3.8, 4) is 6.07 Å². The topological polar surface area (TPSA) is 27.0 Å². The van der Waals surface area contributed by atoms with E-state index >= 15 is 0 Å². The van der Waals surface area contributed by atoms with Gasteiger partial charge in [0.05, 0.1) is 11.6 Å². The van der Waals surface area contributed by atoms with Crippen LogP contribution in [0.2, 0.25) is 0 Å². The molecule has 102 valence electrons. The lowest BCUT2D eigenvalue weighted by Crippen LogP contribution is -2.10. The maximum absolute atomic E-state index is 13.6. The molecule has 2 nitrogen and oxygen atoms in total. The second kappa shape index (κ2) is 5.26. The van der Waals surface area contributed by atoms with E-state index in [9.17, 15) is 4.39 Å². The van der Waals surface area contributed by atoms with E-state index in [4.69, 9.17) is 5.26 Å². The van der Waals surface area contributed by atoms with Gasteiger partial charge in [0.25, 0.3) is 0 Å². The first-order valence-corrected chi connectivity index (χ1v) is 6.61. The van der Waals surface area contributed by atoms with E-state index in [0.717, 1.165) is 16.5 Å². The normalized spacial score (nSPS) is 10.3. The maximum atomic E-state index is 13.6. The maximum Gasteiger partial charge on any atom is 0.126 e. The van der Waals surface area contributed by atoms with Gasteiger partial charge in [0.1, 0.15) is 5.82 Å². The third kappa shape index (κ3) is 2.44. The fraction of sp³-hybridized carbons (Fsp3) is 0.0556. The van der Waals surface area contributed by atoms with Gasteiger partial charge in [0, 0.05) is 23.8 Å². The van der Waals surface area contributed by atoms with Gasteiger partial charge in [-0.25, -0.2) is 4.39 Å². The van der Waals surface area contributed by atoms with Crippen molar-refractivity contribution in [2.45, 2.75) is 0 Å². The van der Waals surface area contributed by atoms with Crippen molar-refractivity contribution in [2.75, 3.05) is 11.9 Å². The van der Waals surface area contributed by atoms with E-state index in [2.05, 4.69) is 0 Å². The number of benzene rings is 3. The minimum absolute atomic E-state index is 0.317. The van der Waals surface area contributed by atoms with E-state index in [-0.39, 0.29) is 0 Å². The van der Waals surface area contributed by atoms with Gasteiger partial charge in [-0.1, -0.05) is 36.4 Å². The quantitative estimate of drug-likeness (QED) is 0.683. The fourth-order valence-corrected chi connectivity index (χ4v) is 2.47. The molecule has 0 atom stereocenters. The largest absolute Gasteiger partial charge is 0.344 e. The summed E-state index contributed by atoms with van der Waals surface area (Å²) in [7, 11) is 1.87. The Kier molecular flexibility index (Phi) is 3.29. The van der Waals surface area contributed by atoms with E-state index in [1.54, 1.807) is 6.07 Å². The summed E-state index contributed by atoms with van der Waals surface area (Å²) in [5.74, 6) is -0.406. The summed E-state index contributed by atoms with van der Waals surface area (Å²) >= 11 is 0. The highest BCUT2D eigenvalue weighted by molar-refractivity contribution is 5.95. The molecule has 0 spiro atoms. The highest BCUT2D eigenvalue weighted by atomic mass is 19.1. The van der Waals surface area contributed by atoms with Crippen LogP contribution in [0.25, 0.3) is 10.8 Å². The summed E-state index contributed by atoms with van der Waals surface area (Å²) in [4.78, 5) is 1.90. The lowest BCUT2D eigenvalue weighted by atomic mass is 10.1. The summed E-state index contributed by atoms with van der Waals surface area (Å²) in [6.45, 7) is 0. The summed E-state index contributed by atoms with van der Waals surface area (Å²) < 4.78 is 13.6. The molecule has 0 radical (unpaired) electrons. The first-order chi connectivity index (χ1) is 10.2. The van der Waals surface area contributed by atoms with Gasteiger partial charge < -0.3 is 4.90 Å². The molecular weight excluding hydrogens is 263 g/mol. The zero-order chi connectivity index (χ0) is 14.8.